The monoisotopic (exact) mass is 308 g/mol. The minimum absolute atomic E-state index is 0.193. The van der Waals surface area contributed by atoms with Gasteiger partial charge in [-0.15, -0.1) is 5.10 Å². The van der Waals surface area contributed by atoms with Crippen LogP contribution in [0.3, 0.4) is 0 Å². The van der Waals surface area contributed by atoms with Gasteiger partial charge in [-0.3, -0.25) is 0 Å². The number of rotatable bonds is 3. The lowest BCUT2D eigenvalue weighted by Crippen LogP contribution is -2.25. The fourth-order valence-electron chi connectivity index (χ4n) is 2.93. The zero-order chi connectivity index (χ0) is 16.4. The normalized spacial score (nSPS) is 17.1. The Morgan fingerprint density at radius 3 is 2.65 bits per heavy atom. The molecule has 0 radical (unpaired) electrons. The van der Waals surface area contributed by atoms with Crippen LogP contribution < -0.4 is 9.80 Å². The zero-order valence-electron chi connectivity index (χ0n) is 13.7. The molecule has 118 valence electrons. The summed E-state index contributed by atoms with van der Waals surface area (Å²) >= 11 is 0. The van der Waals surface area contributed by atoms with E-state index in [4.69, 9.17) is 5.26 Å². The molecule has 1 saturated heterocycles. The van der Waals surface area contributed by atoms with Crippen LogP contribution in [0.4, 0.5) is 11.6 Å². The highest BCUT2D eigenvalue weighted by atomic mass is 15.3. The van der Waals surface area contributed by atoms with Crippen LogP contribution >= 0.6 is 0 Å². The molecule has 2 aromatic heterocycles. The van der Waals surface area contributed by atoms with Gasteiger partial charge >= 0.3 is 0 Å². The molecule has 0 aromatic carbocycles. The summed E-state index contributed by atoms with van der Waals surface area (Å²) in [4.78, 5) is 8.79. The van der Waals surface area contributed by atoms with E-state index in [-0.39, 0.29) is 6.04 Å². The van der Waals surface area contributed by atoms with Crippen molar-refractivity contribution in [2.75, 3.05) is 30.4 Å². The molecule has 0 bridgehead atoms. The van der Waals surface area contributed by atoms with Crippen molar-refractivity contribution in [3.05, 3.63) is 41.2 Å². The smallest absolute Gasteiger partial charge is 0.150 e. The lowest BCUT2D eigenvalue weighted by atomic mass is 10.1. The van der Waals surface area contributed by atoms with Crippen molar-refractivity contribution in [1.29, 1.82) is 5.26 Å². The molecule has 6 heteroatoms. The molecule has 0 N–H and O–H groups in total. The maximum atomic E-state index is 9.05. The van der Waals surface area contributed by atoms with Crippen molar-refractivity contribution < 1.29 is 0 Å². The molecule has 1 fully saturated rings. The Hall–Kier alpha value is -2.68. The van der Waals surface area contributed by atoms with E-state index in [1.807, 2.05) is 50.2 Å². The summed E-state index contributed by atoms with van der Waals surface area (Å²) in [5.41, 5.74) is 2.36. The van der Waals surface area contributed by atoms with Gasteiger partial charge in [0.05, 0.1) is 23.0 Å². The standard InChI is InChI=1S/C17H20N6/c1-12-13(11-18)6-8-16(19-12)23-10-4-5-15(23)14-7-9-17(21-20-14)22(2)3/h6-9,15H,4-5,10H2,1-3H3. The van der Waals surface area contributed by atoms with Gasteiger partial charge in [0.25, 0.3) is 0 Å². The van der Waals surface area contributed by atoms with E-state index >= 15 is 0 Å². The van der Waals surface area contributed by atoms with Gasteiger partial charge in [0.15, 0.2) is 5.82 Å². The highest BCUT2D eigenvalue weighted by Crippen LogP contribution is 2.34. The van der Waals surface area contributed by atoms with Crippen LogP contribution in [0, 0.1) is 18.3 Å². The summed E-state index contributed by atoms with van der Waals surface area (Å²) in [6, 6.07) is 10.2. The van der Waals surface area contributed by atoms with Crippen molar-refractivity contribution in [2.45, 2.75) is 25.8 Å². The molecule has 6 nitrogen and oxygen atoms in total. The average molecular weight is 308 g/mol. The predicted molar refractivity (Wildman–Crippen MR) is 89.4 cm³/mol. The fraction of sp³-hybridized carbons (Fsp3) is 0.412. The molecule has 2 aromatic rings. The number of anilines is 2. The first-order chi connectivity index (χ1) is 11.1. The molecule has 1 aliphatic heterocycles. The molecule has 1 atom stereocenters. The van der Waals surface area contributed by atoms with E-state index in [9.17, 15) is 0 Å². The summed E-state index contributed by atoms with van der Waals surface area (Å²) < 4.78 is 0. The van der Waals surface area contributed by atoms with Crippen molar-refractivity contribution in [3.8, 4) is 6.07 Å². The van der Waals surface area contributed by atoms with Crippen LogP contribution in [0.5, 0.6) is 0 Å². The van der Waals surface area contributed by atoms with Gasteiger partial charge in [-0.05, 0) is 44.0 Å². The van der Waals surface area contributed by atoms with Gasteiger partial charge in [-0.25, -0.2) is 4.98 Å². The number of nitrogens with zero attached hydrogens (tertiary/aromatic N) is 6. The summed E-state index contributed by atoms with van der Waals surface area (Å²) in [5, 5.41) is 17.7. The summed E-state index contributed by atoms with van der Waals surface area (Å²) in [6.45, 7) is 2.82. The topological polar surface area (TPSA) is 68.9 Å². The molecule has 23 heavy (non-hydrogen) atoms. The predicted octanol–water partition coefficient (Wildman–Crippen LogP) is 2.46. The minimum Gasteiger partial charge on any atom is -0.361 e. The quantitative estimate of drug-likeness (QED) is 0.867. The van der Waals surface area contributed by atoms with E-state index < -0.39 is 0 Å². The van der Waals surface area contributed by atoms with Gasteiger partial charge in [0.2, 0.25) is 0 Å². The van der Waals surface area contributed by atoms with Crippen LogP contribution in [0.2, 0.25) is 0 Å². The van der Waals surface area contributed by atoms with E-state index in [0.717, 1.165) is 42.4 Å². The molecule has 0 aliphatic carbocycles. The van der Waals surface area contributed by atoms with Crippen molar-refractivity contribution >= 4 is 11.6 Å². The minimum atomic E-state index is 0.193. The second-order valence-corrected chi connectivity index (χ2v) is 5.98. The highest BCUT2D eigenvalue weighted by Gasteiger charge is 2.28. The Morgan fingerprint density at radius 2 is 2.04 bits per heavy atom. The van der Waals surface area contributed by atoms with Gasteiger partial charge in [0.1, 0.15) is 11.9 Å². The van der Waals surface area contributed by atoms with Gasteiger partial charge in [-0.1, -0.05) is 0 Å². The number of hydrogen-bond acceptors (Lipinski definition) is 6. The second kappa shape index (κ2) is 6.21. The van der Waals surface area contributed by atoms with E-state index in [2.05, 4.69) is 26.2 Å². The Balaban J connectivity index is 1.88. The molecular weight excluding hydrogens is 288 g/mol. The number of aromatic nitrogens is 3. The first-order valence-corrected chi connectivity index (χ1v) is 7.75. The van der Waals surface area contributed by atoms with Crippen LogP contribution in [-0.2, 0) is 0 Å². The Bertz CT molecular complexity index is 732. The molecular formula is C17H20N6. The largest absolute Gasteiger partial charge is 0.361 e. The lowest BCUT2D eigenvalue weighted by molar-refractivity contribution is 0.671. The summed E-state index contributed by atoms with van der Waals surface area (Å²) in [6.07, 6.45) is 2.14. The molecule has 0 saturated carbocycles. The Labute approximate surface area is 136 Å². The molecule has 0 spiro atoms. The van der Waals surface area contributed by atoms with Crippen molar-refractivity contribution in [3.63, 3.8) is 0 Å². The molecule has 0 amide bonds. The number of pyridine rings is 1. The number of hydrogen-bond donors (Lipinski definition) is 0. The summed E-state index contributed by atoms with van der Waals surface area (Å²) in [5.74, 6) is 1.76. The van der Waals surface area contributed by atoms with E-state index in [0.29, 0.717) is 5.56 Å². The molecule has 3 heterocycles. The second-order valence-electron chi connectivity index (χ2n) is 5.98. The Kier molecular flexibility index (Phi) is 4.11. The highest BCUT2D eigenvalue weighted by molar-refractivity contribution is 5.48. The first kappa shape index (κ1) is 15.2. The SMILES string of the molecule is Cc1nc(N2CCCC2c2ccc(N(C)C)nn2)ccc1C#N. The average Bonchev–Trinajstić information content (AvgIpc) is 3.04. The van der Waals surface area contributed by atoms with E-state index in [1.165, 1.54) is 0 Å². The van der Waals surface area contributed by atoms with Crippen molar-refractivity contribution in [2.24, 2.45) is 0 Å². The first-order valence-electron chi connectivity index (χ1n) is 7.75. The third kappa shape index (κ3) is 2.95. The van der Waals surface area contributed by atoms with E-state index in [1.54, 1.807) is 0 Å². The third-order valence-electron chi connectivity index (χ3n) is 4.21. The fourth-order valence-corrected chi connectivity index (χ4v) is 2.93. The summed E-state index contributed by atoms with van der Waals surface area (Å²) in [7, 11) is 3.91. The Morgan fingerprint density at radius 1 is 1.22 bits per heavy atom. The maximum Gasteiger partial charge on any atom is 0.150 e. The van der Waals surface area contributed by atoms with Crippen molar-refractivity contribution in [1.82, 2.24) is 15.2 Å². The maximum absolute atomic E-state index is 9.05. The third-order valence-corrected chi connectivity index (χ3v) is 4.21. The molecule has 3 rings (SSSR count). The lowest BCUT2D eigenvalue weighted by Gasteiger charge is -2.25. The van der Waals surface area contributed by atoms with Gasteiger partial charge < -0.3 is 9.80 Å². The number of aryl methyl sites for hydroxylation is 1. The van der Waals surface area contributed by atoms with Crippen LogP contribution in [-0.4, -0.2) is 35.8 Å². The zero-order valence-corrected chi connectivity index (χ0v) is 13.7. The van der Waals surface area contributed by atoms with Crippen LogP contribution in [0.25, 0.3) is 0 Å². The molecule has 1 unspecified atom stereocenters. The van der Waals surface area contributed by atoms with Crippen LogP contribution in [0.15, 0.2) is 24.3 Å². The molecule has 1 aliphatic rings. The van der Waals surface area contributed by atoms with Crippen LogP contribution in [0.1, 0.15) is 35.8 Å². The van der Waals surface area contributed by atoms with Gasteiger partial charge in [0, 0.05) is 20.6 Å². The van der Waals surface area contributed by atoms with Gasteiger partial charge in [-0.2, -0.15) is 10.4 Å². The number of nitriles is 1.